The maximum absolute atomic E-state index is 13.2. The van der Waals surface area contributed by atoms with Crippen LogP contribution in [0.1, 0.15) is 4.88 Å². The van der Waals surface area contributed by atoms with Crippen LogP contribution in [0.2, 0.25) is 5.02 Å². The number of imide groups is 1. The van der Waals surface area contributed by atoms with Crippen molar-refractivity contribution >= 4 is 51.7 Å². The summed E-state index contributed by atoms with van der Waals surface area (Å²) in [5.74, 6) is -1.31. The van der Waals surface area contributed by atoms with Crippen LogP contribution in [-0.4, -0.2) is 11.8 Å². The van der Waals surface area contributed by atoms with Gasteiger partial charge in [-0.3, -0.25) is 9.59 Å². The van der Waals surface area contributed by atoms with Crippen molar-refractivity contribution in [3.8, 4) is 0 Å². The van der Waals surface area contributed by atoms with Crippen LogP contribution < -0.4 is 10.2 Å². The zero-order chi connectivity index (χ0) is 19.0. The van der Waals surface area contributed by atoms with Gasteiger partial charge in [0.15, 0.2) is 0 Å². The Kier molecular flexibility index (Phi) is 4.51. The molecule has 4 rings (SSSR count). The van der Waals surface area contributed by atoms with Gasteiger partial charge in [0, 0.05) is 15.6 Å². The highest BCUT2D eigenvalue weighted by molar-refractivity contribution is 7.11. The minimum Gasteiger partial charge on any atom is -0.350 e. The largest absolute Gasteiger partial charge is 0.350 e. The molecule has 0 unspecified atom stereocenters. The molecule has 0 aliphatic carbocycles. The van der Waals surface area contributed by atoms with Gasteiger partial charge >= 0.3 is 0 Å². The highest BCUT2D eigenvalue weighted by atomic mass is 35.5. The summed E-state index contributed by atoms with van der Waals surface area (Å²) < 4.78 is 13.2. The summed E-state index contributed by atoms with van der Waals surface area (Å²) in [7, 11) is 0. The molecule has 2 aromatic carbocycles. The molecule has 2 amide bonds. The normalized spacial score (nSPS) is 14.2. The Morgan fingerprint density at radius 1 is 0.963 bits per heavy atom. The fourth-order valence-corrected chi connectivity index (χ4v) is 3.77. The molecule has 1 N–H and O–H groups in total. The smallest absolute Gasteiger partial charge is 0.282 e. The monoisotopic (exact) mass is 398 g/mol. The Hall–Kier alpha value is -2.96. The first-order valence-electron chi connectivity index (χ1n) is 7.99. The van der Waals surface area contributed by atoms with Crippen molar-refractivity contribution in [2.75, 3.05) is 10.2 Å². The number of rotatable bonds is 4. The lowest BCUT2D eigenvalue weighted by Gasteiger charge is -2.15. The minimum absolute atomic E-state index is 0.147. The number of hydrogen-bond donors (Lipinski definition) is 1. The van der Waals surface area contributed by atoms with Crippen molar-refractivity contribution in [1.29, 1.82) is 0 Å². The molecule has 7 heteroatoms. The van der Waals surface area contributed by atoms with Crippen molar-refractivity contribution in [3.63, 3.8) is 0 Å². The maximum atomic E-state index is 13.2. The molecule has 1 aliphatic heterocycles. The number of carbonyl (C=O) groups excluding carboxylic acids is 2. The van der Waals surface area contributed by atoms with Gasteiger partial charge in [0.2, 0.25) is 0 Å². The van der Waals surface area contributed by atoms with E-state index in [4.69, 9.17) is 11.6 Å². The van der Waals surface area contributed by atoms with E-state index in [0.29, 0.717) is 21.3 Å². The SMILES string of the molecule is O=C1C(Nc2ccc(F)cc2)=C(c2cccs2)C(=O)N1c1cccc(Cl)c1. The third kappa shape index (κ3) is 3.25. The molecule has 0 fully saturated rings. The Bertz CT molecular complexity index is 1060. The number of halogens is 2. The van der Waals surface area contributed by atoms with Crippen LogP contribution in [-0.2, 0) is 9.59 Å². The third-order valence-corrected chi connectivity index (χ3v) is 5.15. The second kappa shape index (κ2) is 6.98. The summed E-state index contributed by atoms with van der Waals surface area (Å²) in [5.41, 5.74) is 1.32. The van der Waals surface area contributed by atoms with E-state index in [1.807, 2.05) is 11.4 Å². The zero-order valence-electron chi connectivity index (χ0n) is 13.8. The van der Waals surface area contributed by atoms with E-state index < -0.39 is 11.8 Å². The topological polar surface area (TPSA) is 49.4 Å². The molecule has 4 nitrogen and oxygen atoms in total. The van der Waals surface area contributed by atoms with Crippen molar-refractivity contribution in [1.82, 2.24) is 0 Å². The summed E-state index contributed by atoms with van der Waals surface area (Å²) in [6.45, 7) is 0. The Morgan fingerprint density at radius 2 is 1.74 bits per heavy atom. The predicted molar refractivity (Wildman–Crippen MR) is 105 cm³/mol. The van der Waals surface area contributed by atoms with Crippen molar-refractivity contribution in [2.45, 2.75) is 0 Å². The highest BCUT2D eigenvalue weighted by Crippen LogP contribution is 2.36. The molecular formula is C20H12ClFN2O2S. The molecular weight excluding hydrogens is 387 g/mol. The predicted octanol–water partition coefficient (Wildman–Crippen LogP) is 4.94. The summed E-state index contributed by atoms with van der Waals surface area (Å²) in [6, 6.07) is 15.7. The van der Waals surface area contributed by atoms with Crippen molar-refractivity contribution in [2.24, 2.45) is 0 Å². The van der Waals surface area contributed by atoms with E-state index in [0.717, 1.165) is 4.90 Å². The van der Waals surface area contributed by atoms with Gasteiger partial charge in [0.25, 0.3) is 11.8 Å². The van der Waals surface area contributed by atoms with Crippen LogP contribution in [0.5, 0.6) is 0 Å². The first kappa shape index (κ1) is 17.5. The van der Waals surface area contributed by atoms with E-state index >= 15 is 0 Å². The summed E-state index contributed by atoms with van der Waals surface area (Å²) in [5, 5.41) is 5.23. The van der Waals surface area contributed by atoms with Gasteiger partial charge in [-0.05, 0) is 53.9 Å². The minimum atomic E-state index is -0.491. The molecule has 1 aliphatic rings. The quantitative estimate of drug-likeness (QED) is 0.633. The van der Waals surface area contributed by atoms with Crippen molar-refractivity contribution < 1.29 is 14.0 Å². The van der Waals surface area contributed by atoms with Crippen molar-refractivity contribution in [3.05, 3.63) is 87.5 Å². The number of anilines is 2. The fraction of sp³-hybridized carbons (Fsp3) is 0. The Morgan fingerprint density at radius 3 is 2.41 bits per heavy atom. The summed E-state index contributed by atoms with van der Waals surface area (Å²) in [6.07, 6.45) is 0. The van der Waals surface area contributed by atoms with E-state index in [1.165, 1.54) is 35.6 Å². The lowest BCUT2D eigenvalue weighted by molar-refractivity contribution is -0.120. The molecule has 0 saturated heterocycles. The second-order valence-electron chi connectivity index (χ2n) is 5.78. The number of hydrogen-bond acceptors (Lipinski definition) is 4. The number of thiophene rings is 1. The average molecular weight is 399 g/mol. The lowest BCUT2D eigenvalue weighted by atomic mass is 10.2. The van der Waals surface area contributed by atoms with E-state index in [2.05, 4.69) is 5.32 Å². The third-order valence-electron chi connectivity index (χ3n) is 4.03. The van der Waals surface area contributed by atoms with Crippen LogP contribution in [0.15, 0.2) is 71.7 Å². The number of benzene rings is 2. The van der Waals surface area contributed by atoms with Crippen LogP contribution in [0.25, 0.3) is 5.57 Å². The van der Waals surface area contributed by atoms with Gasteiger partial charge in [-0.2, -0.15) is 0 Å². The van der Waals surface area contributed by atoms with Crippen LogP contribution >= 0.6 is 22.9 Å². The van der Waals surface area contributed by atoms with Gasteiger partial charge < -0.3 is 5.32 Å². The first-order valence-corrected chi connectivity index (χ1v) is 9.25. The standard InChI is InChI=1S/C20H12ClFN2O2S/c21-12-3-1-4-15(11-12)24-19(25)17(16-5-2-10-27-16)18(20(24)26)23-14-8-6-13(22)7-9-14/h1-11,23H. The number of nitrogens with zero attached hydrogens (tertiary/aromatic N) is 1. The maximum Gasteiger partial charge on any atom is 0.282 e. The number of amides is 2. The van der Waals surface area contributed by atoms with Gasteiger partial charge in [-0.25, -0.2) is 9.29 Å². The molecule has 2 heterocycles. The summed E-state index contributed by atoms with van der Waals surface area (Å²) >= 11 is 7.38. The van der Waals surface area contributed by atoms with E-state index in [1.54, 1.807) is 30.3 Å². The molecule has 0 radical (unpaired) electrons. The van der Waals surface area contributed by atoms with Gasteiger partial charge in [0.1, 0.15) is 11.5 Å². The van der Waals surface area contributed by atoms with Crippen LogP contribution in [0.3, 0.4) is 0 Å². The molecule has 0 spiro atoms. The van der Waals surface area contributed by atoms with Gasteiger partial charge in [-0.15, -0.1) is 11.3 Å². The average Bonchev–Trinajstić information content (AvgIpc) is 3.24. The first-order chi connectivity index (χ1) is 13.0. The number of carbonyl (C=O) groups is 2. The molecule has 0 saturated carbocycles. The van der Waals surface area contributed by atoms with E-state index in [9.17, 15) is 14.0 Å². The fourth-order valence-electron chi connectivity index (χ4n) is 2.82. The van der Waals surface area contributed by atoms with Gasteiger partial charge in [-0.1, -0.05) is 23.7 Å². The van der Waals surface area contributed by atoms with Gasteiger partial charge in [0.05, 0.1) is 11.3 Å². The van der Waals surface area contributed by atoms with Crippen LogP contribution in [0, 0.1) is 5.82 Å². The zero-order valence-corrected chi connectivity index (χ0v) is 15.4. The summed E-state index contributed by atoms with van der Waals surface area (Å²) in [4.78, 5) is 27.9. The molecule has 1 aromatic heterocycles. The Labute approximate surface area is 163 Å². The molecule has 0 atom stereocenters. The van der Waals surface area contributed by atoms with Crippen LogP contribution in [0.4, 0.5) is 15.8 Å². The molecule has 3 aromatic rings. The second-order valence-corrected chi connectivity index (χ2v) is 7.17. The number of nitrogens with one attached hydrogen (secondary N) is 1. The molecule has 0 bridgehead atoms. The highest BCUT2D eigenvalue weighted by Gasteiger charge is 2.40. The Balaban J connectivity index is 1.79. The lowest BCUT2D eigenvalue weighted by Crippen LogP contribution is -2.32. The van der Waals surface area contributed by atoms with E-state index in [-0.39, 0.29) is 17.1 Å². The molecule has 27 heavy (non-hydrogen) atoms. The molecule has 134 valence electrons.